The van der Waals surface area contributed by atoms with Crippen LogP contribution in [0.5, 0.6) is 0 Å². The Hall–Kier alpha value is -2.18. The lowest BCUT2D eigenvalue weighted by Gasteiger charge is -2.24. The van der Waals surface area contributed by atoms with Gasteiger partial charge in [-0.15, -0.1) is 0 Å². The second kappa shape index (κ2) is 12.0. The molecule has 34 heavy (non-hydrogen) atoms. The van der Waals surface area contributed by atoms with E-state index in [-0.39, 0.29) is 23.5 Å². The zero-order valence-corrected chi connectivity index (χ0v) is 21.9. The number of Topliss-reactive ketones (excluding diaryl/α,β-unsaturated/α-hetero) is 1. The lowest BCUT2D eigenvalue weighted by atomic mass is 9.89. The number of carbonyl (C=O) groups is 2. The van der Waals surface area contributed by atoms with Crippen molar-refractivity contribution >= 4 is 28.9 Å². The molecule has 0 saturated heterocycles. The van der Waals surface area contributed by atoms with Crippen molar-refractivity contribution in [2.24, 2.45) is 11.8 Å². The van der Waals surface area contributed by atoms with Gasteiger partial charge in [-0.25, -0.2) is 4.98 Å². The van der Waals surface area contributed by atoms with Gasteiger partial charge in [-0.05, 0) is 38.2 Å². The summed E-state index contributed by atoms with van der Waals surface area (Å²) in [5, 5.41) is 3.63. The molecule has 2 atom stereocenters. The number of imidazole rings is 1. The van der Waals surface area contributed by atoms with E-state index >= 15 is 0 Å². The first-order chi connectivity index (χ1) is 16.2. The number of allylic oxidation sites excluding steroid dienone is 6. The van der Waals surface area contributed by atoms with E-state index in [0.29, 0.717) is 42.7 Å². The maximum Gasteiger partial charge on any atom is 0.272 e. The van der Waals surface area contributed by atoms with Crippen LogP contribution in [0.1, 0.15) is 82.3 Å². The summed E-state index contributed by atoms with van der Waals surface area (Å²) in [6.07, 6.45) is 10.3. The summed E-state index contributed by atoms with van der Waals surface area (Å²) in [5.74, 6) is 0.322. The van der Waals surface area contributed by atoms with Crippen molar-refractivity contribution in [2.75, 3.05) is 13.2 Å². The number of carbonyl (C=O) groups excluding carboxylic acids is 2. The van der Waals surface area contributed by atoms with E-state index in [1.54, 1.807) is 0 Å². The number of halogens is 1. The van der Waals surface area contributed by atoms with Crippen molar-refractivity contribution < 1.29 is 14.3 Å². The normalized spacial score (nSPS) is 18.5. The first-order valence-electron chi connectivity index (χ1n) is 12.5. The molecule has 2 unspecified atom stereocenters. The Labute approximate surface area is 208 Å². The highest BCUT2D eigenvalue weighted by molar-refractivity contribution is 6.34. The first kappa shape index (κ1) is 26.4. The van der Waals surface area contributed by atoms with Gasteiger partial charge in [0.25, 0.3) is 5.91 Å². The van der Waals surface area contributed by atoms with Gasteiger partial charge in [-0.3, -0.25) is 9.59 Å². The van der Waals surface area contributed by atoms with E-state index in [1.807, 2.05) is 32.9 Å². The molecule has 7 heteroatoms. The van der Waals surface area contributed by atoms with Crippen LogP contribution in [0.3, 0.4) is 0 Å². The average molecular weight is 488 g/mol. The summed E-state index contributed by atoms with van der Waals surface area (Å²) >= 11 is 6.72. The van der Waals surface area contributed by atoms with Crippen LogP contribution in [0.4, 0.5) is 0 Å². The molecule has 1 aromatic rings. The van der Waals surface area contributed by atoms with Crippen molar-refractivity contribution in [1.29, 1.82) is 0 Å². The predicted octanol–water partition coefficient (Wildman–Crippen LogP) is 5.46. The molecule has 0 saturated carbocycles. The van der Waals surface area contributed by atoms with Gasteiger partial charge in [0.05, 0.1) is 30.0 Å². The molecule has 1 amide bonds. The smallest absolute Gasteiger partial charge is 0.272 e. The van der Waals surface area contributed by atoms with E-state index in [9.17, 15) is 9.59 Å². The zero-order chi connectivity index (χ0) is 24.8. The van der Waals surface area contributed by atoms with Gasteiger partial charge in [0, 0.05) is 24.5 Å². The summed E-state index contributed by atoms with van der Waals surface area (Å²) in [4.78, 5) is 31.4. The van der Waals surface area contributed by atoms with Gasteiger partial charge in [0.2, 0.25) is 0 Å². The molecule has 1 N–H and O–H groups in total. The second-order valence-electron chi connectivity index (χ2n) is 9.73. The Bertz CT molecular complexity index is 1000. The Balaban J connectivity index is 2.02. The van der Waals surface area contributed by atoms with Crippen molar-refractivity contribution in [2.45, 2.75) is 79.3 Å². The Morgan fingerprint density at radius 2 is 2.00 bits per heavy atom. The molecule has 1 aliphatic carbocycles. The lowest BCUT2D eigenvalue weighted by Crippen LogP contribution is -2.46. The maximum absolute atomic E-state index is 13.5. The average Bonchev–Trinajstić information content (AvgIpc) is 2.96. The second-order valence-corrected chi connectivity index (χ2v) is 10.1. The van der Waals surface area contributed by atoms with Gasteiger partial charge in [0.1, 0.15) is 11.5 Å². The van der Waals surface area contributed by atoms with Crippen molar-refractivity contribution in [3.63, 3.8) is 0 Å². The summed E-state index contributed by atoms with van der Waals surface area (Å²) in [5.41, 5.74) is 3.19. The number of ether oxygens (including phenoxy) is 1. The van der Waals surface area contributed by atoms with Crippen molar-refractivity contribution in [1.82, 2.24) is 14.9 Å². The first-order valence-corrected chi connectivity index (χ1v) is 12.9. The third-order valence-corrected chi connectivity index (χ3v) is 6.87. The number of aromatic nitrogens is 2. The zero-order valence-electron chi connectivity index (χ0n) is 21.1. The summed E-state index contributed by atoms with van der Waals surface area (Å²) < 4.78 is 7.76. The van der Waals surface area contributed by atoms with Crippen LogP contribution in [-0.2, 0) is 22.5 Å². The fourth-order valence-electron chi connectivity index (χ4n) is 4.59. The molecule has 1 aromatic heterocycles. The monoisotopic (exact) mass is 487 g/mol. The van der Waals surface area contributed by atoms with Crippen molar-refractivity contribution in [3.05, 3.63) is 46.0 Å². The van der Waals surface area contributed by atoms with Crippen LogP contribution in [0, 0.1) is 11.8 Å². The maximum atomic E-state index is 13.5. The van der Waals surface area contributed by atoms with Crippen LogP contribution >= 0.6 is 11.6 Å². The van der Waals surface area contributed by atoms with Gasteiger partial charge in [-0.1, -0.05) is 63.4 Å². The summed E-state index contributed by atoms with van der Waals surface area (Å²) in [7, 11) is 0. The Morgan fingerprint density at radius 1 is 1.24 bits per heavy atom. The molecular weight excluding hydrogens is 450 g/mol. The number of amides is 1. The van der Waals surface area contributed by atoms with Crippen LogP contribution in [0.15, 0.2) is 28.8 Å². The van der Waals surface area contributed by atoms with Gasteiger partial charge < -0.3 is 14.6 Å². The quantitative estimate of drug-likeness (QED) is 0.528. The van der Waals surface area contributed by atoms with E-state index in [2.05, 4.69) is 29.8 Å². The molecule has 0 aromatic carbocycles. The molecule has 0 fully saturated rings. The van der Waals surface area contributed by atoms with Crippen LogP contribution in [0.2, 0.25) is 0 Å². The third-order valence-electron chi connectivity index (χ3n) is 6.56. The standard InChI is InChI=1S/C27H38ClN3O3/c1-6-9-19(5)25(32)23(17(2)3)30-27(33)24-22-12-14-34-15-13-31(22)26(29-24)20-11-8-7-10-18(4)16-21(20)28/h8,11,16-17,19,23H,6-7,9-10,12-15H2,1-5H3,(H,30,33). The third kappa shape index (κ3) is 6.08. The number of hydrogen-bond acceptors (Lipinski definition) is 4. The van der Waals surface area contributed by atoms with E-state index in [0.717, 1.165) is 37.0 Å². The predicted molar refractivity (Wildman–Crippen MR) is 137 cm³/mol. The van der Waals surface area contributed by atoms with Crippen LogP contribution in [-0.4, -0.2) is 40.5 Å². The molecule has 1 aliphatic heterocycles. The fraction of sp³-hybridized carbons (Fsp3) is 0.593. The summed E-state index contributed by atoms with van der Waals surface area (Å²) in [6.45, 7) is 11.7. The van der Waals surface area contributed by atoms with Gasteiger partial charge >= 0.3 is 0 Å². The molecule has 0 spiro atoms. The minimum atomic E-state index is -0.549. The van der Waals surface area contributed by atoms with Gasteiger partial charge in [-0.2, -0.15) is 0 Å². The fourth-order valence-corrected chi connectivity index (χ4v) is 4.93. The minimum Gasteiger partial charge on any atom is -0.379 e. The SMILES string of the molecule is CCCC(C)C(=O)C(NC(=O)c1nc(C2=C(Cl)C=C(C)CCC=C2)n2c1CCOCC2)C(C)C. The highest BCUT2D eigenvalue weighted by Gasteiger charge is 2.31. The van der Waals surface area contributed by atoms with Crippen molar-refractivity contribution in [3.8, 4) is 0 Å². The lowest BCUT2D eigenvalue weighted by molar-refractivity contribution is -0.125. The molecule has 2 heterocycles. The summed E-state index contributed by atoms with van der Waals surface area (Å²) in [6, 6.07) is -0.549. The number of rotatable bonds is 8. The number of fused-ring (bicyclic) bond motifs is 1. The molecular formula is C27H38ClN3O3. The highest BCUT2D eigenvalue weighted by atomic mass is 35.5. The van der Waals surface area contributed by atoms with E-state index in [4.69, 9.17) is 21.3 Å². The highest BCUT2D eigenvalue weighted by Crippen LogP contribution is 2.30. The van der Waals surface area contributed by atoms with E-state index < -0.39 is 6.04 Å². The Morgan fingerprint density at radius 3 is 2.71 bits per heavy atom. The van der Waals surface area contributed by atoms with E-state index in [1.165, 1.54) is 5.57 Å². The Kier molecular flexibility index (Phi) is 9.31. The number of hydrogen-bond donors (Lipinski definition) is 1. The molecule has 2 aliphatic rings. The largest absolute Gasteiger partial charge is 0.379 e. The minimum absolute atomic E-state index is 0.0152. The molecule has 0 radical (unpaired) electrons. The topological polar surface area (TPSA) is 73.2 Å². The number of nitrogens with one attached hydrogen (secondary N) is 1. The molecule has 3 rings (SSSR count). The molecule has 6 nitrogen and oxygen atoms in total. The van der Waals surface area contributed by atoms with Gasteiger partial charge in [0.15, 0.2) is 5.78 Å². The number of ketones is 1. The van der Waals surface area contributed by atoms with Crippen LogP contribution in [0.25, 0.3) is 5.57 Å². The molecule has 0 bridgehead atoms. The molecule has 186 valence electrons. The number of nitrogens with zero attached hydrogens (tertiary/aromatic N) is 2. The van der Waals surface area contributed by atoms with Crippen LogP contribution < -0.4 is 5.32 Å².